The molecule has 0 spiro atoms. The van der Waals surface area contributed by atoms with Crippen molar-refractivity contribution in [3.05, 3.63) is 54.6 Å². The highest BCUT2D eigenvalue weighted by molar-refractivity contribution is 5.76. The number of hydrogen-bond acceptors (Lipinski definition) is 4. The molecule has 0 aromatic heterocycles. The summed E-state index contributed by atoms with van der Waals surface area (Å²) in [5.74, 6) is 0.803. The molecule has 0 aliphatic carbocycles. The van der Waals surface area contributed by atoms with E-state index >= 15 is 0 Å². The largest absolute Gasteiger partial charge is 0.492 e. The van der Waals surface area contributed by atoms with Crippen molar-refractivity contribution in [3.8, 4) is 16.9 Å². The molecule has 3 N–H and O–H groups in total. The van der Waals surface area contributed by atoms with Gasteiger partial charge in [-0.05, 0) is 11.6 Å². The molecule has 5 nitrogen and oxygen atoms in total. The van der Waals surface area contributed by atoms with E-state index in [-0.39, 0.29) is 17.9 Å². The number of amides is 1. The highest BCUT2D eigenvalue weighted by atomic mass is 16.5. The first kappa shape index (κ1) is 17.5. The molecule has 1 saturated heterocycles. The summed E-state index contributed by atoms with van der Waals surface area (Å²) in [6, 6.07) is 17.9. The van der Waals surface area contributed by atoms with Crippen molar-refractivity contribution in [2.24, 2.45) is 5.92 Å². The van der Waals surface area contributed by atoms with Crippen LogP contribution in [0.2, 0.25) is 0 Å². The van der Waals surface area contributed by atoms with Crippen molar-refractivity contribution in [2.45, 2.75) is 12.5 Å². The Balaban J connectivity index is 1.48. The highest BCUT2D eigenvalue weighted by Crippen LogP contribution is 2.29. The molecule has 2 aromatic carbocycles. The SMILES string of the molecule is O=C(CCOc1ccccc1-c1ccccc1)NCC1CNCC1O. The molecule has 1 aliphatic rings. The number of rotatable bonds is 7. The van der Waals surface area contributed by atoms with E-state index in [4.69, 9.17) is 4.74 Å². The number of carbonyl (C=O) groups is 1. The summed E-state index contributed by atoms with van der Waals surface area (Å²) in [4.78, 5) is 12.0. The predicted octanol–water partition coefficient (Wildman–Crippen LogP) is 1.82. The van der Waals surface area contributed by atoms with E-state index in [2.05, 4.69) is 10.6 Å². The second kappa shape index (κ2) is 8.65. The summed E-state index contributed by atoms with van der Waals surface area (Å²) < 4.78 is 5.83. The van der Waals surface area contributed by atoms with E-state index in [9.17, 15) is 9.90 Å². The monoisotopic (exact) mass is 340 g/mol. The van der Waals surface area contributed by atoms with Gasteiger partial charge in [0.1, 0.15) is 5.75 Å². The first-order valence-corrected chi connectivity index (χ1v) is 8.67. The summed E-state index contributed by atoms with van der Waals surface area (Å²) in [5.41, 5.74) is 2.11. The van der Waals surface area contributed by atoms with Crippen LogP contribution in [-0.4, -0.2) is 43.4 Å². The molecule has 1 amide bonds. The number of ether oxygens (including phenoxy) is 1. The lowest BCUT2D eigenvalue weighted by Crippen LogP contribution is -2.34. The summed E-state index contributed by atoms with van der Waals surface area (Å²) in [5, 5.41) is 15.7. The van der Waals surface area contributed by atoms with Gasteiger partial charge in [-0.1, -0.05) is 48.5 Å². The molecule has 0 saturated carbocycles. The zero-order chi connectivity index (χ0) is 17.5. The van der Waals surface area contributed by atoms with Gasteiger partial charge in [-0.15, -0.1) is 0 Å². The summed E-state index contributed by atoms with van der Waals surface area (Å²) >= 11 is 0. The molecule has 0 bridgehead atoms. The Morgan fingerprint density at radius 2 is 1.88 bits per heavy atom. The predicted molar refractivity (Wildman–Crippen MR) is 97.4 cm³/mol. The number of aliphatic hydroxyl groups excluding tert-OH is 1. The van der Waals surface area contributed by atoms with Crippen molar-refractivity contribution in [2.75, 3.05) is 26.2 Å². The molecular formula is C20H24N2O3. The van der Waals surface area contributed by atoms with E-state index in [0.717, 1.165) is 23.4 Å². The molecule has 132 valence electrons. The number of para-hydroxylation sites is 1. The summed E-state index contributed by atoms with van der Waals surface area (Å²) in [6.45, 7) is 2.15. The molecule has 5 heteroatoms. The van der Waals surface area contributed by atoms with Gasteiger partial charge in [0, 0.05) is 31.1 Å². The van der Waals surface area contributed by atoms with Crippen molar-refractivity contribution < 1.29 is 14.6 Å². The lowest BCUT2D eigenvalue weighted by Gasteiger charge is -2.15. The van der Waals surface area contributed by atoms with Gasteiger partial charge in [-0.3, -0.25) is 4.79 Å². The Morgan fingerprint density at radius 3 is 2.64 bits per heavy atom. The minimum atomic E-state index is -0.380. The second-order valence-electron chi connectivity index (χ2n) is 6.25. The van der Waals surface area contributed by atoms with E-state index < -0.39 is 0 Å². The van der Waals surface area contributed by atoms with Gasteiger partial charge in [0.25, 0.3) is 0 Å². The topological polar surface area (TPSA) is 70.6 Å². The maximum atomic E-state index is 12.0. The fourth-order valence-corrected chi connectivity index (χ4v) is 2.96. The van der Waals surface area contributed by atoms with Gasteiger partial charge in [0.15, 0.2) is 0 Å². The Hall–Kier alpha value is -2.37. The number of aliphatic hydroxyl groups is 1. The second-order valence-corrected chi connectivity index (χ2v) is 6.25. The van der Waals surface area contributed by atoms with Crippen molar-refractivity contribution >= 4 is 5.91 Å². The van der Waals surface area contributed by atoms with E-state index in [1.54, 1.807) is 0 Å². The Kier molecular flexibility index (Phi) is 6.04. The van der Waals surface area contributed by atoms with E-state index in [1.165, 1.54) is 0 Å². The lowest BCUT2D eigenvalue weighted by molar-refractivity contribution is -0.121. The van der Waals surface area contributed by atoms with Crippen LogP contribution in [0, 0.1) is 5.92 Å². The van der Waals surface area contributed by atoms with Crippen LogP contribution in [0.4, 0.5) is 0 Å². The molecule has 2 atom stereocenters. The van der Waals surface area contributed by atoms with Gasteiger partial charge in [-0.2, -0.15) is 0 Å². The Bertz CT molecular complexity index is 690. The van der Waals surface area contributed by atoms with Gasteiger partial charge in [0.05, 0.1) is 19.1 Å². The van der Waals surface area contributed by atoms with Gasteiger partial charge < -0.3 is 20.5 Å². The summed E-state index contributed by atoms with van der Waals surface area (Å²) in [7, 11) is 0. The number of nitrogens with one attached hydrogen (secondary N) is 2. The number of benzene rings is 2. The maximum Gasteiger partial charge on any atom is 0.223 e. The fraction of sp³-hybridized carbons (Fsp3) is 0.350. The van der Waals surface area contributed by atoms with Crippen LogP contribution >= 0.6 is 0 Å². The third kappa shape index (κ3) is 4.81. The minimum Gasteiger partial charge on any atom is -0.492 e. The molecular weight excluding hydrogens is 316 g/mol. The Morgan fingerprint density at radius 1 is 1.12 bits per heavy atom. The molecule has 1 fully saturated rings. The molecule has 0 radical (unpaired) electrons. The third-order valence-electron chi connectivity index (χ3n) is 4.42. The van der Waals surface area contributed by atoms with Crippen LogP contribution in [0.5, 0.6) is 5.75 Å². The molecule has 25 heavy (non-hydrogen) atoms. The smallest absolute Gasteiger partial charge is 0.223 e. The zero-order valence-electron chi connectivity index (χ0n) is 14.2. The van der Waals surface area contributed by atoms with E-state index in [0.29, 0.717) is 26.1 Å². The van der Waals surface area contributed by atoms with Crippen LogP contribution in [-0.2, 0) is 4.79 Å². The normalized spacial score (nSPS) is 19.6. The zero-order valence-corrected chi connectivity index (χ0v) is 14.2. The number of β-amino-alcohol motifs (C(OH)–C–C–N with tert-alkyl or cyclic N) is 1. The van der Waals surface area contributed by atoms with Crippen LogP contribution in [0.15, 0.2) is 54.6 Å². The van der Waals surface area contributed by atoms with Crippen LogP contribution in [0.3, 0.4) is 0 Å². The van der Waals surface area contributed by atoms with Crippen molar-refractivity contribution in [1.29, 1.82) is 0 Å². The molecule has 1 aliphatic heterocycles. The number of carbonyl (C=O) groups excluding carboxylic acids is 1. The highest BCUT2D eigenvalue weighted by Gasteiger charge is 2.24. The first-order chi connectivity index (χ1) is 12.2. The average Bonchev–Trinajstić information content (AvgIpc) is 3.06. The standard InChI is InChI=1S/C20H24N2O3/c23-18-14-21-12-16(18)13-22-20(24)10-11-25-19-9-5-4-8-17(19)15-6-2-1-3-7-15/h1-9,16,18,21,23H,10-14H2,(H,22,24). The molecule has 1 heterocycles. The van der Waals surface area contributed by atoms with Gasteiger partial charge in [0.2, 0.25) is 5.91 Å². The number of hydrogen-bond donors (Lipinski definition) is 3. The van der Waals surface area contributed by atoms with Crippen LogP contribution in [0.1, 0.15) is 6.42 Å². The van der Waals surface area contributed by atoms with Crippen molar-refractivity contribution in [3.63, 3.8) is 0 Å². The van der Waals surface area contributed by atoms with Crippen molar-refractivity contribution in [1.82, 2.24) is 10.6 Å². The maximum absolute atomic E-state index is 12.0. The van der Waals surface area contributed by atoms with Crippen LogP contribution in [0.25, 0.3) is 11.1 Å². The van der Waals surface area contributed by atoms with E-state index in [1.807, 2.05) is 54.6 Å². The lowest BCUT2D eigenvalue weighted by atomic mass is 10.1. The first-order valence-electron chi connectivity index (χ1n) is 8.67. The van der Waals surface area contributed by atoms with Crippen LogP contribution < -0.4 is 15.4 Å². The molecule has 2 unspecified atom stereocenters. The molecule has 2 aromatic rings. The minimum absolute atomic E-state index is 0.0590. The third-order valence-corrected chi connectivity index (χ3v) is 4.42. The van der Waals surface area contributed by atoms with Gasteiger partial charge >= 0.3 is 0 Å². The Labute approximate surface area is 148 Å². The average molecular weight is 340 g/mol. The summed E-state index contributed by atoms with van der Waals surface area (Å²) in [6.07, 6.45) is -0.0892. The quantitative estimate of drug-likeness (QED) is 0.719. The molecule has 3 rings (SSSR count). The van der Waals surface area contributed by atoms with Gasteiger partial charge in [-0.25, -0.2) is 0 Å². The fourth-order valence-electron chi connectivity index (χ4n) is 2.96.